The number of amides is 1. The van der Waals surface area contributed by atoms with Gasteiger partial charge in [-0.3, -0.25) is 48.1 Å². The molecule has 11 atom stereocenters. The Morgan fingerprint density at radius 3 is 2.74 bits per heavy atom. The lowest BCUT2D eigenvalue weighted by Crippen LogP contribution is -2.53. The molecule has 8 heterocycles. The fourth-order valence-electron chi connectivity index (χ4n) is 6.05. The van der Waals surface area contributed by atoms with Crippen molar-refractivity contribution >= 4 is 56.7 Å². The van der Waals surface area contributed by atoms with Crippen LogP contribution in [0.4, 0.5) is 10.2 Å². The number of nitrogens with one attached hydrogen (secondary N) is 2. The largest absolute Gasteiger partial charge is 0.472 e. The number of nitrogens with zero attached hydrogens (tertiary/aromatic N) is 7. The van der Waals surface area contributed by atoms with Crippen LogP contribution in [0.3, 0.4) is 0 Å². The number of hydrogen-bond acceptors (Lipinski definition) is 17. The van der Waals surface area contributed by atoms with E-state index in [1.54, 1.807) is 0 Å². The van der Waals surface area contributed by atoms with Gasteiger partial charge in [0.1, 0.15) is 41.9 Å². The number of fused-ring (bicyclic) bond motifs is 4. The van der Waals surface area contributed by atoms with Crippen LogP contribution < -0.4 is 11.1 Å². The number of hydrogen-bond donors (Lipinski definition) is 5. The van der Waals surface area contributed by atoms with Gasteiger partial charge in [0, 0.05) is 0 Å². The van der Waals surface area contributed by atoms with Gasteiger partial charge in [-0.2, -0.15) is 4.99 Å². The lowest BCUT2D eigenvalue weighted by atomic mass is 10.0. The minimum atomic E-state index is -5.19. The molecule has 46 heavy (non-hydrogen) atoms. The van der Waals surface area contributed by atoms with Crippen molar-refractivity contribution in [2.45, 2.75) is 54.7 Å². The summed E-state index contributed by atoms with van der Waals surface area (Å²) in [6, 6.07) is -1.21. The predicted molar refractivity (Wildman–Crippen MR) is 145 cm³/mol. The molecule has 22 nitrogen and oxygen atoms in total. The second-order valence-electron chi connectivity index (χ2n) is 10.9. The first-order valence-corrected chi connectivity index (χ1v) is 16.5. The van der Waals surface area contributed by atoms with Crippen molar-refractivity contribution < 1.29 is 60.4 Å². The van der Waals surface area contributed by atoms with E-state index in [2.05, 4.69) is 30.3 Å². The van der Waals surface area contributed by atoms with E-state index in [0.717, 1.165) is 11.2 Å². The van der Waals surface area contributed by atoms with Gasteiger partial charge in [0.25, 0.3) is 5.91 Å². The Bertz CT molecular complexity index is 1810. The normalized spacial score (nSPS) is 43.9. The van der Waals surface area contributed by atoms with Gasteiger partial charge in [-0.05, 0) is 0 Å². The van der Waals surface area contributed by atoms with E-state index < -0.39 is 95.4 Å². The lowest BCUT2D eigenvalue weighted by Gasteiger charge is -2.33. The number of nitrogens with two attached hydrogens (primary N) is 1. The van der Waals surface area contributed by atoms with Crippen LogP contribution in [0.25, 0.3) is 11.2 Å². The van der Waals surface area contributed by atoms with E-state index in [-0.39, 0.29) is 29.4 Å². The zero-order chi connectivity index (χ0) is 32.2. The summed E-state index contributed by atoms with van der Waals surface area (Å²) in [7, 11) is -10.2. The number of carbonyl (C=O) groups excluding carboxylic acids is 1. The number of halogens is 1. The van der Waals surface area contributed by atoms with E-state index in [9.17, 15) is 23.7 Å². The molecule has 4 fully saturated rings. The topological polar surface area (TPSA) is 290 Å². The second-order valence-corrected chi connectivity index (χ2v) is 13.7. The molecule has 4 saturated heterocycles. The minimum absolute atomic E-state index is 0.0777. The Morgan fingerprint density at radius 1 is 1.11 bits per heavy atom. The summed E-state index contributed by atoms with van der Waals surface area (Å²) in [6.45, 7) is -2.03. The van der Waals surface area contributed by atoms with E-state index in [1.165, 1.54) is 17.2 Å². The van der Waals surface area contributed by atoms with Gasteiger partial charge in [0.2, 0.25) is 5.96 Å². The maximum atomic E-state index is 15.8. The van der Waals surface area contributed by atoms with E-state index in [0.29, 0.717) is 0 Å². The molecular weight excluding hydrogens is 665 g/mol. The molecule has 6 N–H and O–H groups in total. The zero-order valence-corrected chi connectivity index (χ0v) is 24.7. The SMILES string of the molecule is N=C1N=C2C(N=CN2[C@@H]2O[C@@H]3COP(=O)(O)O[C@H]4[C@H]5OC[C@]4(COP(=O)(O)O[C@@H]2[C@@H]3F)O[C@H]5n2cnc3c(N)ncnc32)C(=O)N1. The summed E-state index contributed by atoms with van der Waals surface area (Å²) >= 11 is 0. The molecule has 0 saturated carbocycles. The van der Waals surface area contributed by atoms with Gasteiger partial charge in [-0.1, -0.05) is 0 Å². The highest BCUT2D eigenvalue weighted by atomic mass is 31.2. The molecule has 0 aliphatic carbocycles. The Labute approximate surface area is 255 Å². The first kappa shape index (κ1) is 30.0. The van der Waals surface area contributed by atoms with Crippen molar-refractivity contribution in [3.63, 3.8) is 0 Å². The van der Waals surface area contributed by atoms with Gasteiger partial charge >= 0.3 is 15.6 Å². The highest BCUT2D eigenvalue weighted by Gasteiger charge is 2.66. The fraction of sp³-hybridized carbons (Fsp3) is 0.571. The molecule has 1 amide bonds. The highest BCUT2D eigenvalue weighted by Crippen LogP contribution is 2.58. The molecule has 0 aromatic carbocycles. The van der Waals surface area contributed by atoms with Crippen LogP contribution in [0.2, 0.25) is 0 Å². The average Bonchev–Trinajstić information content (AvgIpc) is 3.80. The lowest BCUT2D eigenvalue weighted by molar-refractivity contribution is -0.184. The number of phosphoric acid groups is 2. The van der Waals surface area contributed by atoms with Crippen LogP contribution in [0.15, 0.2) is 22.6 Å². The molecule has 25 heteroatoms. The number of guanidine groups is 1. The first-order valence-electron chi connectivity index (χ1n) is 13.5. The average molecular weight is 688 g/mol. The van der Waals surface area contributed by atoms with Crippen molar-refractivity contribution in [1.82, 2.24) is 29.7 Å². The summed E-state index contributed by atoms with van der Waals surface area (Å²) in [5.74, 6) is -1.30. The molecule has 246 valence electrons. The third-order valence-electron chi connectivity index (χ3n) is 8.11. The summed E-state index contributed by atoms with van der Waals surface area (Å²) in [4.78, 5) is 55.0. The van der Waals surface area contributed by atoms with Gasteiger partial charge in [-0.25, -0.2) is 28.5 Å². The number of carbonyl (C=O) groups is 1. The Hall–Kier alpha value is -3.34. The Morgan fingerprint density at radius 2 is 1.91 bits per heavy atom. The number of nitrogen functional groups attached to an aromatic ring is 1. The van der Waals surface area contributed by atoms with E-state index in [1.807, 2.05) is 0 Å². The smallest absolute Gasteiger partial charge is 0.382 e. The van der Waals surface area contributed by atoms with Crippen molar-refractivity contribution in [1.29, 1.82) is 5.41 Å². The molecule has 8 rings (SSSR count). The predicted octanol–water partition coefficient (Wildman–Crippen LogP) is -1.67. The first-order chi connectivity index (χ1) is 21.8. The van der Waals surface area contributed by atoms with Crippen LogP contribution in [-0.4, -0.2) is 127 Å². The van der Waals surface area contributed by atoms with Crippen LogP contribution >= 0.6 is 15.6 Å². The van der Waals surface area contributed by atoms with Crippen molar-refractivity contribution in [3.8, 4) is 0 Å². The van der Waals surface area contributed by atoms with Gasteiger partial charge < -0.3 is 29.7 Å². The van der Waals surface area contributed by atoms with Crippen molar-refractivity contribution in [2.75, 3.05) is 25.6 Å². The summed E-state index contributed by atoms with van der Waals surface area (Å²) < 4.78 is 82.8. The maximum absolute atomic E-state index is 15.8. The molecule has 3 unspecified atom stereocenters. The number of aliphatic imine (C=N–C) groups is 2. The number of alkyl halides is 1. The standard InChI is InChI=1S/C21H23FN10O12P2/c22-8-7-1-39-45(34,35)44-13-12-19(31-5-27-9-14(23)25-4-26-15(9)31)42-21(13,2-38-12)3-40-46(36,37)43-11(8)18(41-7)32-6-28-10-16(32)29-20(24)30-17(10)33/h4-8,10-13,18-19H,1-3H2,(H,34,35)(H,36,37)(H2,23,25,26)(H2,24,30,33)/t7-,8-,10?,11-,12-,13+,18-,19-,21-/m1/s1. The number of rotatable bonds is 2. The van der Waals surface area contributed by atoms with Crippen LogP contribution in [0.5, 0.6) is 0 Å². The maximum Gasteiger partial charge on any atom is 0.472 e. The third-order valence-corrected chi connectivity index (χ3v) is 10.0. The zero-order valence-electron chi connectivity index (χ0n) is 22.9. The number of amidine groups is 1. The van der Waals surface area contributed by atoms with Gasteiger partial charge in [0.05, 0.1) is 32.5 Å². The second kappa shape index (κ2) is 10.3. The van der Waals surface area contributed by atoms with E-state index in [4.69, 9.17) is 43.4 Å². The summed E-state index contributed by atoms with van der Waals surface area (Å²) in [5.41, 5.74) is 4.57. The van der Waals surface area contributed by atoms with E-state index >= 15 is 4.39 Å². The number of ether oxygens (including phenoxy) is 3. The molecule has 2 aromatic rings. The Balaban J connectivity index is 1.11. The van der Waals surface area contributed by atoms with Crippen LogP contribution in [0, 0.1) is 5.41 Å². The summed E-state index contributed by atoms with van der Waals surface area (Å²) in [6.07, 6.45) is -7.51. The summed E-state index contributed by atoms with van der Waals surface area (Å²) in [5, 5.41) is 9.93. The number of anilines is 1. The number of imidazole rings is 1. The number of aromatic nitrogens is 4. The molecule has 0 spiro atoms. The monoisotopic (exact) mass is 688 g/mol. The quantitative estimate of drug-likeness (QED) is 0.220. The van der Waals surface area contributed by atoms with Gasteiger partial charge in [-0.15, -0.1) is 0 Å². The molecule has 0 radical (unpaired) electrons. The van der Waals surface area contributed by atoms with Crippen LogP contribution in [0.1, 0.15) is 6.23 Å². The van der Waals surface area contributed by atoms with Crippen LogP contribution in [-0.2, 0) is 46.2 Å². The minimum Gasteiger partial charge on any atom is -0.382 e. The third kappa shape index (κ3) is 4.70. The number of phosphoric ester groups is 2. The fourth-order valence-corrected chi connectivity index (χ4v) is 8.01. The Kier molecular flexibility index (Phi) is 6.74. The molecule has 6 aliphatic rings. The molecule has 6 aliphatic heterocycles. The molecule has 2 aromatic heterocycles. The molecular formula is C21H23FN10O12P2. The van der Waals surface area contributed by atoms with Crippen molar-refractivity contribution in [2.24, 2.45) is 9.98 Å². The highest BCUT2D eigenvalue weighted by molar-refractivity contribution is 7.47. The van der Waals surface area contributed by atoms with Gasteiger partial charge in [0.15, 0.2) is 42.0 Å². The van der Waals surface area contributed by atoms with Crippen molar-refractivity contribution in [3.05, 3.63) is 12.7 Å². The molecule has 4 bridgehead atoms.